The number of hydrogen-bond donors (Lipinski definition) is 1. The summed E-state index contributed by atoms with van der Waals surface area (Å²) in [5, 5.41) is 0.904. The number of rotatable bonds is 2. The highest BCUT2D eigenvalue weighted by atomic mass is 16.5. The fraction of sp³-hybridized carbons (Fsp3) is 0.154. The van der Waals surface area contributed by atoms with Crippen LogP contribution in [0.15, 0.2) is 28.7 Å². The molecule has 0 amide bonds. The summed E-state index contributed by atoms with van der Waals surface area (Å²) in [7, 11) is 2.94. The molecule has 0 radical (unpaired) electrons. The molecule has 0 aliphatic heterocycles. The minimum atomic E-state index is -0.485. The third kappa shape index (κ3) is 1.44. The highest BCUT2D eigenvalue weighted by Gasteiger charge is 2.16. The zero-order chi connectivity index (χ0) is 12.7. The number of H-pyrrole nitrogens is 1. The Morgan fingerprint density at radius 3 is 2.78 bits per heavy atom. The summed E-state index contributed by atoms with van der Waals surface area (Å²) in [6.07, 6.45) is 0. The van der Waals surface area contributed by atoms with E-state index in [0.29, 0.717) is 5.58 Å². The van der Waals surface area contributed by atoms with Gasteiger partial charge in [-0.15, -0.1) is 0 Å². The molecule has 3 rings (SSSR count). The van der Waals surface area contributed by atoms with Gasteiger partial charge < -0.3 is 18.9 Å². The van der Waals surface area contributed by atoms with Crippen molar-refractivity contribution in [3.63, 3.8) is 0 Å². The SMILES string of the molecule is COC(=O)c1cc2[nH]c3cc(OC)ccc3c2o1. The average molecular weight is 245 g/mol. The van der Waals surface area contributed by atoms with Crippen molar-refractivity contribution in [1.29, 1.82) is 0 Å². The molecule has 5 heteroatoms. The second-order valence-electron chi connectivity index (χ2n) is 3.88. The molecule has 1 aromatic carbocycles. The van der Waals surface area contributed by atoms with Crippen molar-refractivity contribution in [3.05, 3.63) is 30.0 Å². The Bertz CT molecular complexity index is 738. The largest absolute Gasteiger partial charge is 0.497 e. The first-order valence-electron chi connectivity index (χ1n) is 5.40. The van der Waals surface area contributed by atoms with Crippen molar-refractivity contribution in [2.24, 2.45) is 0 Å². The Balaban J connectivity index is 2.22. The van der Waals surface area contributed by atoms with Crippen molar-refractivity contribution in [2.75, 3.05) is 14.2 Å². The van der Waals surface area contributed by atoms with Crippen LogP contribution in [0.25, 0.3) is 22.0 Å². The van der Waals surface area contributed by atoms with Gasteiger partial charge in [0, 0.05) is 17.5 Å². The fourth-order valence-electron chi connectivity index (χ4n) is 1.98. The van der Waals surface area contributed by atoms with Crippen LogP contribution in [0.4, 0.5) is 0 Å². The molecule has 0 saturated heterocycles. The number of carbonyl (C=O) groups excluding carboxylic acids is 1. The molecule has 0 atom stereocenters. The van der Waals surface area contributed by atoms with E-state index in [9.17, 15) is 4.79 Å². The zero-order valence-electron chi connectivity index (χ0n) is 9.94. The van der Waals surface area contributed by atoms with Crippen molar-refractivity contribution in [2.45, 2.75) is 0 Å². The number of methoxy groups -OCH3 is 2. The van der Waals surface area contributed by atoms with Crippen molar-refractivity contribution < 1.29 is 18.7 Å². The summed E-state index contributed by atoms with van der Waals surface area (Å²) in [4.78, 5) is 14.5. The van der Waals surface area contributed by atoms with E-state index < -0.39 is 5.97 Å². The Labute approximate surface area is 102 Å². The third-order valence-electron chi connectivity index (χ3n) is 2.86. The summed E-state index contributed by atoms with van der Waals surface area (Å²) in [5.41, 5.74) is 2.31. The molecule has 0 aliphatic carbocycles. The maximum Gasteiger partial charge on any atom is 0.374 e. The van der Waals surface area contributed by atoms with Crippen LogP contribution in [-0.2, 0) is 4.74 Å². The van der Waals surface area contributed by atoms with Crippen LogP contribution < -0.4 is 4.74 Å². The smallest absolute Gasteiger partial charge is 0.374 e. The van der Waals surface area contributed by atoms with E-state index in [2.05, 4.69) is 9.72 Å². The molecule has 18 heavy (non-hydrogen) atoms. The van der Waals surface area contributed by atoms with E-state index in [1.807, 2.05) is 18.2 Å². The second kappa shape index (κ2) is 3.80. The van der Waals surface area contributed by atoms with E-state index in [0.717, 1.165) is 22.2 Å². The van der Waals surface area contributed by atoms with Gasteiger partial charge in [-0.25, -0.2) is 4.79 Å². The Morgan fingerprint density at radius 1 is 1.22 bits per heavy atom. The molecule has 0 bridgehead atoms. The van der Waals surface area contributed by atoms with Crippen LogP contribution in [0.1, 0.15) is 10.6 Å². The van der Waals surface area contributed by atoms with E-state index in [1.54, 1.807) is 13.2 Å². The Kier molecular flexibility index (Phi) is 2.26. The normalized spacial score (nSPS) is 11.0. The maximum absolute atomic E-state index is 11.4. The van der Waals surface area contributed by atoms with Gasteiger partial charge in [-0.1, -0.05) is 0 Å². The quantitative estimate of drug-likeness (QED) is 0.705. The van der Waals surface area contributed by atoms with E-state index in [-0.39, 0.29) is 5.76 Å². The monoisotopic (exact) mass is 245 g/mol. The lowest BCUT2D eigenvalue weighted by Gasteiger charge is -1.98. The molecule has 0 spiro atoms. The average Bonchev–Trinajstić information content (AvgIpc) is 2.94. The van der Waals surface area contributed by atoms with E-state index in [1.165, 1.54) is 7.11 Å². The molecular weight excluding hydrogens is 234 g/mol. The number of fused-ring (bicyclic) bond motifs is 3. The van der Waals surface area contributed by atoms with Crippen molar-refractivity contribution >= 4 is 28.0 Å². The number of aromatic nitrogens is 1. The first-order valence-corrected chi connectivity index (χ1v) is 5.40. The topological polar surface area (TPSA) is 64.5 Å². The molecule has 92 valence electrons. The van der Waals surface area contributed by atoms with Gasteiger partial charge in [0.15, 0.2) is 5.58 Å². The molecule has 3 aromatic rings. The third-order valence-corrected chi connectivity index (χ3v) is 2.86. The number of esters is 1. The number of furan rings is 1. The number of aromatic amines is 1. The van der Waals surface area contributed by atoms with Crippen LogP contribution in [0.3, 0.4) is 0 Å². The molecule has 0 aliphatic rings. The predicted octanol–water partition coefficient (Wildman–Crippen LogP) is 2.71. The lowest BCUT2D eigenvalue weighted by atomic mass is 10.2. The van der Waals surface area contributed by atoms with Crippen molar-refractivity contribution in [3.8, 4) is 5.75 Å². The first kappa shape index (κ1) is 10.7. The van der Waals surface area contributed by atoms with Gasteiger partial charge in [-0.3, -0.25) is 0 Å². The molecule has 0 saturated carbocycles. The molecular formula is C13H11NO4. The molecule has 2 heterocycles. The molecule has 2 aromatic heterocycles. The predicted molar refractivity (Wildman–Crippen MR) is 66.0 cm³/mol. The van der Waals surface area contributed by atoms with Gasteiger partial charge in [0.1, 0.15) is 5.75 Å². The lowest BCUT2D eigenvalue weighted by Crippen LogP contribution is -1.98. The van der Waals surface area contributed by atoms with Crippen LogP contribution in [0, 0.1) is 0 Å². The number of hydrogen-bond acceptors (Lipinski definition) is 4. The first-order chi connectivity index (χ1) is 8.72. The minimum absolute atomic E-state index is 0.191. The highest BCUT2D eigenvalue weighted by Crippen LogP contribution is 2.30. The maximum atomic E-state index is 11.4. The molecule has 0 unspecified atom stereocenters. The molecule has 0 fully saturated rings. The Hall–Kier alpha value is -2.43. The Morgan fingerprint density at radius 2 is 2.06 bits per heavy atom. The summed E-state index contributed by atoms with van der Waals surface area (Å²) in [6.45, 7) is 0. The summed E-state index contributed by atoms with van der Waals surface area (Å²) >= 11 is 0. The van der Waals surface area contributed by atoms with E-state index >= 15 is 0 Å². The zero-order valence-corrected chi connectivity index (χ0v) is 9.94. The number of ether oxygens (including phenoxy) is 2. The van der Waals surface area contributed by atoms with Gasteiger partial charge >= 0.3 is 5.97 Å². The van der Waals surface area contributed by atoms with Crippen LogP contribution >= 0.6 is 0 Å². The molecule has 5 nitrogen and oxygen atoms in total. The van der Waals surface area contributed by atoms with E-state index in [4.69, 9.17) is 9.15 Å². The number of benzene rings is 1. The fourth-order valence-corrected chi connectivity index (χ4v) is 1.98. The van der Waals surface area contributed by atoms with Crippen LogP contribution in [-0.4, -0.2) is 25.2 Å². The minimum Gasteiger partial charge on any atom is -0.497 e. The summed E-state index contributed by atoms with van der Waals surface area (Å²) in [5.74, 6) is 0.470. The van der Waals surface area contributed by atoms with Gasteiger partial charge in [0.2, 0.25) is 5.76 Å². The second-order valence-corrected chi connectivity index (χ2v) is 3.88. The molecule has 1 N–H and O–H groups in total. The lowest BCUT2D eigenvalue weighted by molar-refractivity contribution is 0.0568. The highest BCUT2D eigenvalue weighted by molar-refractivity contribution is 6.06. The standard InChI is InChI=1S/C13H11NO4/c1-16-7-3-4-8-9(5-7)14-10-6-11(13(15)17-2)18-12(8)10/h3-6,14H,1-2H3. The van der Waals surface area contributed by atoms with Gasteiger partial charge in [-0.2, -0.15) is 0 Å². The van der Waals surface area contributed by atoms with Gasteiger partial charge in [-0.05, 0) is 12.1 Å². The van der Waals surface area contributed by atoms with Crippen molar-refractivity contribution in [1.82, 2.24) is 4.98 Å². The van der Waals surface area contributed by atoms with Gasteiger partial charge in [0.05, 0.1) is 25.3 Å². The van der Waals surface area contributed by atoms with Crippen LogP contribution in [0.2, 0.25) is 0 Å². The van der Waals surface area contributed by atoms with Gasteiger partial charge in [0.25, 0.3) is 0 Å². The summed E-state index contributed by atoms with van der Waals surface area (Å²) < 4.78 is 15.3. The summed E-state index contributed by atoms with van der Waals surface area (Å²) in [6, 6.07) is 7.24. The van der Waals surface area contributed by atoms with Crippen LogP contribution in [0.5, 0.6) is 5.75 Å². The number of carbonyl (C=O) groups is 1. The number of nitrogens with one attached hydrogen (secondary N) is 1.